The summed E-state index contributed by atoms with van der Waals surface area (Å²) in [5, 5.41) is 15.2. The largest absolute Gasteiger partial charge is 0.492 e. The van der Waals surface area contributed by atoms with Crippen LogP contribution in [0.5, 0.6) is 5.88 Å². The molecular weight excluding hydrogens is 351 g/mol. The summed E-state index contributed by atoms with van der Waals surface area (Å²) < 4.78 is 16.2. The van der Waals surface area contributed by atoms with Crippen LogP contribution in [0.15, 0.2) is 24.3 Å². The summed E-state index contributed by atoms with van der Waals surface area (Å²) in [6.45, 7) is 6.16. The predicted molar refractivity (Wildman–Crippen MR) is 99.2 cm³/mol. The average molecular weight is 375 g/mol. The first kappa shape index (κ1) is 17.4. The number of piperidine rings is 1. The van der Waals surface area contributed by atoms with E-state index in [0.29, 0.717) is 22.3 Å². The van der Waals surface area contributed by atoms with Gasteiger partial charge in [0.05, 0.1) is 18.7 Å². The lowest BCUT2D eigenvalue weighted by Gasteiger charge is -2.34. The summed E-state index contributed by atoms with van der Waals surface area (Å²) in [4.78, 5) is 7.19. The van der Waals surface area contributed by atoms with Crippen LogP contribution < -0.4 is 4.90 Å². The van der Waals surface area contributed by atoms with Crippen LogP contribution >= 0.6 is 11.3 Å². The third kappa shape index (κ3) is 2.99. The Bertz CT molecular complexity index is 922. The molecule has 1 aliphatic heterocycles. The third-order valence-corrected chi connectivity index (χ3v) is 6.34. The Balaban J connectivity index is 1.84. The summed E-state index contributed by atoms with van der Waals surface area (Å²) in [5.74, 6) is 1.16. The minimum Gasteiger partial charge on any atom is -0.492 e. The molecule has 5 nitrogen and oxygen atoms in total. The van der Waals surface area contributed by atoms with E-state index in [1.165, 1.54) is 33.2 Å². The molecule has 1 saturated heterocycles. The molecule has 138 valence electrons. The second-order valence-electron chi connectivity index (χ2n) is 7.18. The number of hydrogen-bond acceptors (Lipinski definition) is 4. The molecule has 3 aromatic rings. The van der Waals surface area contributed by atoms with E-state index < -0.39 is 0 Å². The summed E-state index contributed by atoms with van der Waals surface area (Å²) in [5.41, 5.74) is 0.632. The van der Waals surface area contributed by atoms with Gasteiger partial charge in [-0.3, -0.25) is 0 Å². The van der Waals surface area contributed by atoms with E-state index in [2.05, 4.69) is 17.0 Å². The second kappa shape index (κ2) is 6.96. The van der Waals surface area contributed by atoms with E-state index in [0.717, 1.165) is 30.8 Å². The van der Waals surface area contributed by atoms with Crippen molar-refractivity contribution in [2.45, 2.75) is 39.2 Å². The number of quaternary nitrogens is 1. The van der Waals surface area contributed by atoms with Crippen molar-refractivity contribution in [3.05, 3.63) is 46.3 Å². The molecule has 4 rings (SSSR count). The summed E-state index contributed by atoms with van der Waals surface area (Å²) in [6, 6.07) is 6.66. The van der Waals surface area contributed by atoms with Crippen molar-refractivity contribution < 1.29 is 14.4 Å². The van der Waals surface area contributed by atoms with E-state index in [1.807, 2.05) is 19.1 Å². The van der Waals surface area contributed by atoms with Gasteiger partial charge in [-0.25, -0.2) is 9.37 Å². The quantitative estimate of drug-likeness (QED) is 0.737. The van der Waals surface area contributed by atoms with Gasteiger partial charge in [0.1, 0.15) is 10.7 Å². The molecule has 0 saturated carbocycles. The van der Waals surface area contributed by atoms with Crippen molar-refractivity contribution in [2.24, 2.45) is 5.92 Å². The zero-order chi connectivity index (χ0) is 18.3. The van der Waals surface area contributed by atoms with Gasteiger partial charge in [0, 0.05) is 12.3 Å². The minimum atomic E-state index is -0.238. The Morgan fingerprint density at radius 1 is 1.42 bits per heavy atom. The van der Waals surface area contributed by atoms with Gasteiger partial charge < -0.3 is 10.0 Å². The Labute approximate surface area is 156 Å². The fourth-order valence-corrected chi connectivity index (χ4v) is 5.13. The normalized spacial score (nSPS) is 22.0. The minimum absolute atomic E-state index is 0.0937. The Hall–Kier alpha value is -1.99. The number of nitrogens with one attached hydrogen (secondary N) is 1. The highest BCUT2D eigenvalue weighted by Gasteiger charge is 2.36. The van der Waals surface area contributed by atoms with Crippen LogP contribution in [0.2, 0.25) is 0 Å². The topological polar surface area (TPSA) is 54.9 Å². The molecule has 3 atom stereocenters. The van der Waals surface area contributed by atoms with Gasteiger partial charge in [-0.15, -0.1) is 5.10 Å². The fourth-order valence-electron chi connectivity index (χ4n) is 3.98. The first-order chi connectivity index (χ1) is 12.6. The van der Waals surface area contributed by atoms with Gasteiger partial charge in [0.15, 0.2) is 11.9 Å². The molecule has 7 heteroatoms. The highest BCUT2D eigenvalue weighted by Crippen LogP contribution is 2.36. The summed E-state index contributed by atoms with van der Waals surface area (Å²) >= 11 is 1.42. The third-order valence-electron chi connectivity index (χ3n) is 5.25. The average Bonchev–Trinajstić information content (AvgIpc) is 3.17. The number of likely N-dealkylation sites (tertiary alicyclic amines) is 1. The van der Waals surface area contributed by atoms with Crippen LogP contribution in [-0.4, -0.2) is 32.8 Å². The molecule has 2 aromatic heterocycles. The number of benzene rings is 1. The molecule has 0 radical (unpaired) electrons. The van der Waals surface area contributed by atoms with E-state index in [4.69, 9.17) is 0 Å². The van der Waals surface area contributed by atoms with Crippen molar-refractivity contribution in [1.82, 2.24) is 14.6 Å². The van der Waals surface area contributed by atoms with Gasteiger partial charge >= 0.3 is 0 Å². The van der Waals surface area contributed by atoms with Crippen molar-refractivity contribution in [3.63, 3.8) is 0 Å². The molecule has 0 amide bonds. The lowest BCUT2D eigenvalue weighted by molar-refractivity contribution is -0.933. The maximum atomic E-state index is 14.7. The molecule has 0 bridgehead atoms. The summed E-state index contributed by atoms with van der Waals surface area (Å²) in [7, 11) is 0. The van der Waals surface area contributed by atoms with E-state index in [-0.39, 0.29) is 17.7 Å². The fraction of sp³-hybridized carbons (Fsp3) is 0.474. The van der Waals surface area contributed by atoms with Crippen LogP contribution in [0.1, 0.15) is 49.0 Å². The predicted octanol–water partition coefficient (Wildman–Crippen LogP) is 2.60. The van der Waals surface area contributed by atoms with Gasteiger partial charge in [-0.05, 0) is 25.0 Å². The SMILES string of the molecule is CCc1nc2sc([C@H](c3ccccc3F)[NH+]3CCC[C@H](C)C3)c(O)n2n1. The highest BCUT2D eigenvalue weighted by atomic mass is 32.1. The van der Waals surface area contributed by atoms with E-state index >= 15 is 0 Å². The number of fused-ring (bicyclic) bond motifs is 1. The van der Waals surface area contributed by atoms with Gasteiger partial charge in [0.25, 0.3) is 0 Å². The molecule has 0 spiro atoms. The molecule has 3 heterocycles. The van der Waals surface area contributed by atoms with Crippen molar-refractivity contribution in [3.8, 4) is 5.88 Å². The van der Waals surface area contributed by atoms with Crippen LogP contribution in [0.25, 0.3) is 4.96 Å². The van der Waals surface area contributed by atoms with Gasteiger partial charge in [-0.1, -0.05) is 37.3 Å². The number of rotatable bonds is 4. The number of hydrogen-bond donors (Lipinski definition) is 2. The zero-order valence-electron chi connectivity index (χ0n) is 15.1. The van der Waals surface area contributed by atoms with Crippen LogP contribution in [-0.2, 0) is 6.42 Å². The number of halogens is 1. The highest BCUT2D eigenvalue weighted by molar-refractivity contribution is 7.17. The lowest BCUT2D eigenvalue weighted by Crippen LogP contribution is -3.13. The van der Waals surface area contributed by atoms with Gasteiger partial charge in [-0.2, -0.15) is 4.52 Å². The maximum absolute atomic E-state index is 14.7. The molecule has 0 aliphatic carbocycles. The molecular formula is C19H24FN4OS+. The van der Waals surface area contributed by atoms with Crippen molar-refractivity contribution in [2.75, 3.05) is 13.1 Å². The summed E-state index contributed by atoms with van der Waals surface area (Å²) in [6.07, 6.45) is 3.03. The monoisotopic (exact) mass is 375 g/mol. The van der Waals surface area contributed by atoms with Crippen LogP contribution in [0.4, 0.5) is 4.39 Å². The number of nitrogens with zero attached hydrogens (tertiary/aromatic N) is 3. The maximum Gasteiger partial charge on any atom is 0.235 e. The number of aromatic nitrogens is 3. The molecule has 2 N–H and O–H groups in total. The molecule has 1 aromatic carbocycles. The number of thiazole rings is 1. The van der Waals surface area contributed by atoms with E-state index in [1.54, 1.807) is 6.07 Å². The Kier molecular flexibility index (Phi) is 4.67. The Morgan fingerprint density at radius 3 is 2.92 bits per heavy atom. The standard InChI is InChI=1S/C19H23FN4OS/c1-3-15-21-19-24(22-15)18(25)17(26-19)16(13-8-4-5-9-14(13)20)23-10-6-7-12(2)11-23/h4-5,8-9,12,16,25H,3,6-7,10-11H2,1-2H3/p+1/t12-,16-/m0/s1. The van der Waals surface area contributed by atoms with E-state index in [9.17, 15) is 9.50 Å². The molecule has 1 fully saturated rings. The molecule has 1 aliphatic rings. The molecule has 26 heavy (non-hydrogen) atoms. The van der Waals surface area contributed by atoms with Crippen LogP contribution in [0.3, 0.4) is 0 Å². The number of aromatic hydroxyl groups is 1. The first-order valence-corrected chi connectivity index (χ1v) is 10.1. The first-order valence-electron chi connectivity index (χ1n) is 9.24. The van der Waals surface area contributed by atoms with Crippen molar-refractivity contribution >= 4 is 16.3 Å². The Morgan fingerprint density at radius 2 is 2.23 bits per heavy atom. The lowest BCUT2D eigenvalue weighted by atomic mass is 9.95. The number of aryl methyl sites for hydroxylation is 1. The second-order valence-corrected chi connectivity index (χ2v) is 8.19. The van der Waals surface area contributed by atoms with Crippen LogP contribution in [0, 0.1) is 11.7 Å². The van der Waals surface area contributed by atoms with Gasteiger partial charge in [0.2, 0.25) is 10.8 Å². The van der Waals surface area contributed by atoms with Crippen molar-refractivity contribution in [1.29, 1.82) is 0 Å². The smallest absolute Gasteiger partial charge is 0.235 e. The molecule has 1 unspecified atom stereocenters. The zero-order valence-corrected chi connectivity index (χ0v) is 15.9.